The van der Waals surface area contributed by atoms with Gasteiger partial charge in [-0.1, -0.05) is 149 Å². The van der Waals surface area contributed by atoms with E-state index < -0.39 is 0 Å². The summed E-state index contributed by atoms with van der Waals surface area (Å²) in [6, 6.07) is 57.1. The van der Waals surface area contributed by atoms with Crippen LogP contribution in [0, 0.1) is 0 Å². The van der Waals surface area contributed by atoms with Crippen molar-refractivity contribution in [2.45, 2.75) is 38.5 Å². The first-order chi connectivity index (χ1) is 22.8. The SMILES string of the molecule is CC1(C)C2=C(c3ccccc31)C(C)(C)c1cc(/C=C(\c3ccccc3)c3ccc(N(c4ccccc4)c4ccccc4)cc3)ccc12. The summed E-state index contributed by atoms with van der Waals surface area (Å²) in [5, 5.41) is 0. The van der Waals surface area contributed by atoms with Gasteiger partial charge < -0.3 is 4.90 Å². The Morgan fingerprint density at radius 3 is 1.53 bits per heavy atom. The van der Waals surface area contributed by atoms with E-state index in [2.05, 4.69) is 196 Å². The Bertz CT molecular complexity index is 2110. The Balaban J connectivity index is 1.21. The number of allylic oxidation sites excluding steroid dienone is 2. The van der Waals surface area contributed by atoms with Crippen molar-refractivity contribution < 1.29 is 0 Å². The Morgan fingerprint density at radius 2 is 0.915 bits per heavy atom. The predicted octanol–water partition coefficient (Wildman–Crippen LogP) is 12.2. The molecule has 8 rings (SSSR count). The summed E-state index contributed by atoms with van der Waals surface area (Å²) < 4.78 is 0. The summed E-state index contributed by atoms with van der Waals surface area (Å²) in [5.41, 5.74) is 16.8. The first-order valence-electron chi connectivity index (χ1n) is 16.6. The van der Waals surface area contributed by atoms with Crippen LogP contribution >= 0.6 is 0 Å². The maximum absolute atomic E-state index is 2.44. The third kappa shape index (κ3) is 4.77. The van der Waals surface area contributed by atoms with Gasteiger partial charge in [-0.2, -0.15) is 0 Å². The molecule has 0 spiro atoms. The van der Waals surface area contributed by atoms with Gasteiger partial charge in [-0.15, -0.1) is 0 Å². The summed E-state index contributed by atoms with van der Waals surface area (Å²) in [7, 11) is 0. The number of anilines is 3. The van der Waals surface area contributed by atoms with Gasteiger partial charge in [-0.3, -0.25) is 0 Å². The van der Waals surface area contributed by atoms with Crippen LogP contribution in [-0.4, -0.2) is 0 Å². The normalized spacial score (nSPS) is 15.6. The molecule has 0 heterocycles. The molecule has 0 bridgehead atoms. The second-order valence-electron chi connectivity index (χ2n) is 13.8. The van der Waals surface area contributed by atoms with Crippen molar-refractivity contribution in [3.8, 4) is 0 Å². The fourth-order valence-corrected chi connectivity index (χ4v) is 7.98. The largest absolute Gasteiger partial charge is 0.311 e. The fraction of sp³-hybridized carbons (Fsp3) is 0.130. The molecule has 1 nitrogen and oxygen atoms in total. The fourth-order valence-electron chi connectivity index (χ4n) is 7.98. The molecule has 0 unspecified atom stereocenters. The van der Waals surface area contributed by atoms with Gasteiger partial charge in [0.25, 0.3) is 0 Å². The first-order valence-corrected chi connectivity index (χ1v) is 16.6. The molecule has 0 saturated heterocycles. The number of benzene rings is 6. The zero-order valence-electron chi connectivity index (χ0n) is 27.5. The molecule has 0 aromatic heterocycles. The third-order valence-electron chi connectivity index (χ3n) is 10.2. The first kappa shape index (κ1) is 29.0. The molecule has 0 atom stereocenters. The summed E-state index contributed by atoms with van der Waals surface area (Å²) >= 11 is 0. The van der Waals surface area contributed by atoms with Gasteiger partial charge in [0.2, 0.25) is 0 Å². The van der Waals surface area contributed by atoms with Crippen LogP contribution in [0.5, 0.6) is 0 Å². The van der Waals surface area contributed by atoms with Crippen molar-refractivity contribution in [2.24, 2.45) is 0 Å². The summed E-state index contributed by atoms with van der Waals surface area (Å²) in [6.45, 7) is 9.59. The molecule has 0 radical (unpaired) electrons. The molecule has 2 aliphatic carbocycles. The van der Waals surface area contributed by atoms with Crippen LogP contribution in [0.1, 0.15) is 66.6 Å². The minimum atomic E-state index is -0.0781. The van der Waals surface area contributed by atoms with Crippen LogP contribution in [0.2, 0.25) is 0 Å². The van der Waals surface area contributed by atoms with Crippen molar-refractivity contribution in [3.05, 3.63) is 197 Å². The van der Waals surface area contributed by atoms with Gasteiger partial charge in [0.15, 0.2) is 0 Å². The Labute approximate surface area is 279 Å². The van der Waals surface area contributed by atoms with Gasteiger partial charge in [0.1, 0.15) is 0 Å². The predicted molar refractivity (Wildman–Crippen MR) is 200 cm³/mol. The number of para-hydroxylation sites is 2. The summed E-state index contributed by atoms with van der Waals surface area (Å²) in [5.74, 6) is 0. The van der Waals surface area contributed by atoms with Gasteiger partial charge in [-0.05, 0) is 98.1 Å². The quantitative estimate of drug-likeness (QED) is 0.171. The van der Waals surface area contributed by atoms with Crippen LogP contribution in [0.3, 0.4) is 0 Å². The van der Waals surface area contributed by atoms with Gasteiger partial charge >= 0.3 is 0 Å². The molecule has 2 aliphatic rings. The van der Waals surface area contributed by atoms with Crippen molar-refractivity contribution in [3.63, 3.8) is 0 Å². The lowest BCUT2D eigenvalue weighted by Gasteiger charge is -2.28. The number of fused-ring (bicyclic) bond motifs is 4. The van der Waals surface area contributed by atoms with Crippen molar-refractivity contribution >= 4 is 39.9 Å². The Hall–Kier alpha value is -5.40. The van der Waals surface area contributed by atoms with Crippen LogP contribution in [0.25, 0.3) is 22.8 Å². The molecule has 6 aromatic rings. The number of hydrogen-bond acceptors (Lipinski definition) is 1. The lowest BCUT2D eigenvalue weighted by atomic mass is 9.75. The molecule has 1 heteroatoms. The number of hydrogen-bond donors (Lipinski definition) is 0. The molecular weight excluding hydrogens is 567 g/mol. The molecule has 228 valence electrons. The standard InChI is InChI=1S/C46H39N/c1-45(2)41-23-15-14-22-38(41)43-44(45)39-29-24-32(31-42(39)46(43,3)4)30-40(33-16-8-5-9-17-33)34-25-27-37(28-26-34)47(35-18-10-6-11-19-35)36-20-12-7-13-21-36/h5-31H,1-4H3/b40-30+. The Kier molecular flexibility index (Phi) is 6.88. The molecule has 0 fully saturated rings. The van der Waals surface area contributed by atoms with Crippen molar-refractivity contribution in [1.82, 2.24) is 0 Å². The highest BCUT2D eigenvalue weighted by atomic mass is 15.1. The number of rotatable bonds is 6. The van der Waals surface area contributed by atoms with Crippen LogP contribution in [0.15, 0.2) is 158 Å². The molecular formula is C46H39N. The minimum absolute atomic E-state index is 0.0177. The van der Waals surface area contributed by atoms with E-state index in [4.69, 9.17) is 0 Å². The van der Waals surface area contributed by atoms with E-state index in [-0.39, 0.29) is 10.8 Å². The minimum Gasteiger partial charge on any atom is -0.311 e. The van der Waals surface area contributed by atoms with Gasteiger partial charge in [0, 0.05) is 27.9 Å². The third-order valence-corrected chi connectivity index (χ3v) is 10.2. The monoisotopic (exact) mass is 605 g/mol. The zero-order chi connectivity index (χ0) is 32.2. The average molecular weight is 606 g/mol. The van der Waals surface area contributed by atoms with E-state index in [1.807, 2.05) is 0 Å². The molecule has 0 aliphatic heterocycles. The van der Waals surface area contributed by atoms with E-state index in [1.165, 1.54) is 55.7 Å². The lowest BCUT2D eigenvalue weighted by molar-refractivity contribution is 0.694. The highest BCUT2D eigenvalue weighted by Crippen LogP contribution is 2.62. The lowest BCUT2D eigenvalue weighted by Crippen LogP contribution is -2.19. The van der Waals surface area contributed by atoms with Crippen molar-refractivity contribution in [2.75, 3.05) is 4.90 Å². The smallest absolute Gasteiger partial charge is 0.0462 e. The second kappa shape index (κ2) is 11.1. The van der Waals surface area contributed by atoms with Crippen molar-refractivity contribution in [1.29, 1.82) is 0 Å². The summed E-state index contributed by atoms with van der Waals surface area (Å²) in [6.07, 6.45) is 2.37. The molecule has 6 aromatic carbocycles. The highest BCUT2D eigenvalue weighted by Gasteiger charge is 2.49. The topological polar surface area (TPSA) is 3.24 Å². The van der Waals surface area contributed by atoms with E-state index >= 15 is 0 Å². The maximum Gasteiger partial charge on any atom is 0.0462 e. The van der Waals surface area contributed by atoms with E-state index in [0.29, 0.717) is 0 Å². The van der Waals surface area contributed by atoms with E-state index in [1.54, 1.807) is 0 Å². The van der Waals surface area contributed by atoms with Crippen LogP contribution in [0.4, 0.5) is 17.1 Å². The number of nitrogens with zero attached hydrogens (tertiary/aromatic N) is 1. The molecule has 0 N–H and O–H groups in total. The molecule has 0 saturated carbocycles. The highest BCUT2D eigenvalue weighted by molar-refractivity contribution is 6.09. The molecule has 0 amide bonds. The van der Waals surface area contributed by atoms with E-state index in [0.717, 1.165) is 17.1 Å². The zero-order valence-corrected chi connectivity index (χ0v) is 27.5. The van der Waals surface area contributed by atoms with Crippen LogP contribution < -0.4 is 4.90 Å². The maximum atomic E-state index is 2.44. The van der Waals surface area contributed by atoms with Gasteiger partial charge in [0.05, 0.1) is 0 Å². The van der Waals surface area contributed by atoms with Crippen LogP contribution in [-0.2, 0) is 10.8 Å². The van der Waals surface area contributed by atoms with E-state index in [9.17, 15) is 0 Å². The molecule has 47 heavy (non-hydrogen) atoms. The second-order valence-corrected chi connectivity index (χ2v) is 13.8. The van der Waals surface area contributed by atoms with Gasteiger partial charge in [-0.25, -0.2) is 0 Å². The summed E-state index contributed by atoms with van der Waals surface area (Å²) in [4.78, 5) is 2.31. The average Bonchev–Trinajstić information content (AvgIpc) is 3.50. The Morgan fingerprint density at radius 1 is 0.447 bits per heavy atom.